The summed E-state index contributed by atoms with van der Waals surface area (Å²) in [6.07, 6.45) is -4.33. The van der Waals surface area contributed by atoms with Crippen LogP contribution in [0.3, 0.4) is 0 Å². The summed E-state index contributed by atoms with van der Waals surface area (Å²) in [6, 6.07) is 13.5. The van der Waals surface area contributed by atoms with E-state index in [-0.39, 0.29) is 5.56 Å². The molecule has 112 valence electrons. The molecule has 0 aliphatic rings. The van der Waals surface area contributed by atoms with E-state index in [1.54, 1.807) is 6.07 Å². The number of alkyl halides is 3. The van der Waals surface area contributed by atoms with Crippen LogP contribution in [-0.4, -0.2) is 13.2 Å². The molecule has 0 heterocycles. The Kier molecular flexibility index (Phi) is 4.73. The number of halogens is 3. The Labute approximate surface area is 121 Å². The highest BCUT2D eigenvalue weighted by Crippen LogP contribution is 2.33. The molecule has 0 radical (unpaired) electrons. The van der Waals surface area contributed by atoms with Crippen molar-refractivity contribution in [1.82, 2.24) is 0 Å². The number of hydrogen-bond donors (Lipinski definition) is 1. The molecule has 0 amide bonds. The summed E-state index contributed by atoms with van der Waals surface area (Å²) in [7, 11) is 0. The summed E-state index contributed by atoms with van der Waals surface area (Å²) in [5.41, 5.74) is 0.0367. The maximum absolute atomic E-state index is 12.8. The number of hydrogen-bond acceptors (Lipinski definition) is 2. The summed E-state index contributed by atoms with van der Waals surface area (Å²) in [6.45, 7) is 2.25. The van der Waals surface area contributed by atoms with Crippen molar-refractivity contribution in [1.29, 1.82) is 0 Å². The van der Waals surface area contributed by atoms with Crippen molar-refractivity contribution < 1.29 is 17.9 Å². The number of nitrogens with one attached hydrogen (secondary N) is 1. The Hall–Kier alpha value is -2.17. The monoisotopic (exact) mass is 295 g/mol. The van der Waals surface area contributed by atoms with Crippen LogP contribution in [0.1, 0.15) is 11.1 Å². The van der Waals surface area contributed by atoms with Crippen molar-refractivity contribution >= 4 is 5.69 Å². The molecule has 0 unspecified atom stereocenters. The predicted octanol–water partition coefficient (Wildman–Crippen LogP) is 4.50. The molecule has 0 saturated carbocycles. The first kappa shape index (κ1) is 15.2. The summed E-state index contributed by atoms with van der Waals surface area (Å²) in [5.74, 6) is 0.735. The van der Waals surface area contributed by atoms with Crippen LogP contribution in [0.15, 0.2) is 48.5 Å². The number of aryl methyl sites for hydroxylation is 1. The lowest BCUT2D eigenvalue weighted by molar-refractivity contribution is -0.138. The van der Waals surface area contributed by atoms with E-state index in [2.05, 4.69) is 5.32 Å². The quantitative estimate of drug-likeness (QED) is 0.820. The molecular formula is C16H16F3NO. The molecule has 0 saturated heterocycles. The van der Waals surface area contributed by atoms with Gasteiger partial charge >= 0.3 is 6.18 Å². The van der Waals surface area contributed by atoms with E-state index in [0.717, 1.165) is 11.8 Å². The molecule has 5 heteroatoms. The fourth-order valence-corrected chi connectivity index (χ4v) is 1.92. The highest BCUT2D eigenvalue weighted by molar-refractivity contribution is 5.49. The molecule has 2 aromatic carbocycles. The van der Waals surface area contributed by atoms with Crippen LogP contribution in [0.2, 0.25) is 0 Å². The van der Waals surface area contributed by atoms with Crippen molar-refractivity contribution in [2.75, 3.05) is 18.5 Å². The number of rotatable bonds is 5. The van der Waals surface area contributed by atoms with Gasteiger partial charge in [0.1, 0.15) is 12.4 Å². The molecule has 0 aliphatic heterocycles. The smallest absolute Gasteiger partial charge is 0.416 e. The van der Waals surface area contributed by atoms with Crippen LogP contribution in [0, 0.1) is 6.92 Å². The molecular weight excluding hydrogens is 279 g/mol. The number of ether oxygens (including phenoxy) is 1. The lowest BCUT2D eigenvalue weighted by atomic mass is 10.1. The lowest BCUT2D eigenvalue weighted by Gasteiger charge is -2.13. The zero-order chi connectivity index (χ0) is 15.3. The average Bonchev–Trinajstić information content (AvgIpc) is 2.45. The minimum absolute atomic E-state index is 0.216. The first-order valence-corrected chi connectivity index (χ1v) is 6.56. The van der Waals surface area contributed by atoms with Gasteiger partial charge in [-0.25, -0.2) is 0 Å². The standard InChI is InChI=1S/C16H16F3NO/c1-12-7-8-13(11-15(12)16(17,18)19)20-9-10-21-14-5-3-2-4-6-14/h2-8,11,20H,9-10H2,1H3. The van der Waals surface area contributed by atoms with E-state index in [1.165, 1.54) is 13.0 Å². The normalized spacial score (nSPS) is 11.2. The van der Waals surface area contributed by atoms with Gasteiger partial charge in [-0.2, -0.15) is 13.2 Å². The number of anilines is 1. The lowest BCUT2D eigenvalue weighted by Crippen LogP contribution is -2.13. The second kappa shape index (κ2) is 6.52. The van der Waals surface area contributed by atoms with Crippen LogP contribution in [0.5, 0.6) is 5.75 Å². The van der Waals surface area contributed by atoms with E-state index < -0.39 is 11.7 Å². The van der Waals surface area contributed by atoms with E-state index in [4.69, 9.17) is 4.74 Å². The summed E-state index contributed by atoms with van der Waals surface area (Å²) in [5, 5.41) is 2.93. The fraction of sp³-hybridized carbons (Fsp3) is 0.250. The van der Waals surface area contributed by atoms with Gasteiger partial charge in [0.05, 0.1) is 5.56 Å². The summed E-state index contributed by atoms with van der Waals surface area (Å²) >= 11 is 0. The Morgan fingerprint density at radius 2 is 1.76 bits per heavy atom. The van der Waals surface area contributed by atoms with Crippen LogP contribution < -0.4 is 10.1 Å². The van der Waals surface area contributed by atoms with Gasteiger partial charge in [0.2, 0.25) is 0 Å². The fourth-order valence-electron chi connectivity index (χ4n) is 1.92. The Balaban J connectivity index is 1.89. The number of benzene rings is 2. The molecule has 2 rings (SSSR count). The van der Waals surface area contributed by atoms with Gasteiger partial charge in [-0.05, 0) is 36.8 Å². The van der Waals surface area contributed by atoms with Crippen LogP contribution in [0.25, 0.3) is 0 Å². The Morgan fingerprint density at radius 1 is 1.05 bits per heavy atom. The zero-order valence-electron chi connectivity index (χ0n) is 11.6. The first-order chi connectivity index (χ1) is 9.97. The maximum Gasteiger partial charge on any atom is 0.416 e. The topological polar surface area (TPSA) is 21.3 Å². The van der Waals surface area contributed by atoms with Crippen molar-refractivity contribution in [3.05, 3.63) is 59.7 Å². The van der Waals surface area contributed by atoms with Crippen molar-refractivity contribution in [2.45, 2.75) is 13.1 Å². The van der Waals surface area contributed by atoms with Crippen LogP contribution in [-0.2, 0) is 6.18 Å². The molecule has 0 aliphatic carbocycles. The van der Waals surface area contributed by atoms with Crippen LogP contribution >= 0.6 is 0 Å². The average molecular weight is 295 g/mol. The highest BCUT2D eigenvalue weighted by atomic mass is 19.4. The third-order valence-corrected chi connectivity index (χ3v) is 2.99. The molecule has 0 bridgehead atoms. The molecule has 0 fully saturated rings. The van der Waals surface area contributed by atoms with E-state index >= 15 is 0 Å². The predicted molar refractivity (Wildman–Crippen MR) is 76.6 cm³/mol. The van der Waals surface area contributed by atoms with Crippen molar-refractivity contribution in [2.24, 2.45) is 0 Å². The minimum Gasteiger partial charge on any atom is -0.492 e. The second-order valence-corrected chi connectivity index (χ2v) is 4.62. The van der Waals surface area contributed by atoms with Gasteiger partial charge in [0, 0.05) is 12.2 Å². The summed E-state index contributed by atoms with van der Waals surface area (Å²) in [4.78, 5) is 0. The molecule has 2 nitrogen and oxygen atoms in total. The molecule has 2 aromatic rings. The van der Waals surface area contributed by atoms with E-state index in [9.17, 15) is 13.2 Å². The number of para-hydroxylation sites is 1. The van der Waals surface area contributed by atoms with Gasteiger partial charge in [-0.3, -0.25) is 0 Å². The minimum atomic E-state index is -4.33. The van der Waals surface area contributed by atoms with Crippen molar-refractivity contribution in [3.63, 3.8) is 0 Å². The van der Waals surface area contributed by atoms with E-state index in [0.29, 0.717) is 18.8 Å². The van der Waals surface area contributed by atoms with Crippen molar-refractivity contribution in [3.8, 4) is 5.75 Å². The van der Waals surface area contributed by atoms with Gasteiger partial charge in [0.25, 0.3) is 0 Å². The third-order valence-electron chi connectivity index (χ3n) is 2.99. The molecule has 0 atom stereocenters. The van der Waals surface area contributed by atoms with Gasteiger partial charge in [0.15, 0.2) is 0 Å². The summed E-state index contributed by atoms with van der Waals surface area (Å²) < 4.78 is 43.8. The first-order valence-electron chi connectivity index (χ1n) is 6.56. The largest absolute Gasteiger partial charge is 0.492 e. The van der Waals surface area contributed by atoms with Crippen LogP contribution in [0.4, 0.5) is 18.9 Å². The van der Waals surface area contributed by atoms with E-state index in [1.807, 2.05) is 30.3 Å². The molecule has 0 aromatic heterocycles. The maximum atomic E-state index is 12.8. The SMILES string of the molecule is Cc1ccc(NCCOc2ccccc2)cc1C(F)(F)F. The molecule has 1 N–H and O–H groups in total. The van der Waals surface area contributed by atoms with Gasteiger partial charge < -0.3 is 10.1 Å². The van der Waals surface area contributed by atoms with Gasteiger partial charge in [-0.1, -0.05) is 24.3 Å². The third kappa shape index (κ3) is 4.41. The molecule has 0 spiro atoms. The Bertz CT molecular complexity index is 582. The highest BCUT2D eigenvalue weighted by Gasteiger charge is 2.32. The zero-order valence-corrected chi connectivity index (χ0v) is 11.6. The second-order valence-electron chi connectivity index (χ2n) is 4.62. The molecule has 21 heavy (non-hydrogen) atoms. The Morgan fingerprint density at radius 3 is 2.43 bits per heavy atom. The van der Waals surface area contributed by atoms with Gasteiger partial charge in [-0.15, -0.1) is 0 Å².